The zero-order valence-electron chi connectivity index (χ0n) is 24.3. The minimum Gasteiger partial charge on any atom is -0.470 e. The van der Waals surface area contributed by atoms with Gasteiger partial charge in [-0.05, 0) is 48.8 Å². The van der Waals surface area contributed by atoms with Crippen LogP contribution in [-0.4, -0.2) is 72.6 Å². The maximum Gasteiger partial charge on any atom is 0.198 e. The van der Waals surface area contributed by atoms with Crippen molar-refractivity contribution in [3.8, 4) is 28.3 Å². The van der Waals surface area contributed by atoms with E-state index in [0.29, 0.717) is 35.7 Å². The molecular weight excluding hydrogens is 551 g/mol. The molecule has 3 fully saturated rings. The molecule has 0 aliphatic carbocycles. The molecule has 0 saturated carbocycles. The molecule has 8 nitrogen and oxygen atoms in total. The number of ether oxygens (including phenoxy) is 5. The number of hydrogen-bond donors (Lipinski definition) is 1. The predicted molar refractivity (Wildman–Crippen MR) is 160 cm³/mol. The predicted octanol–water partition coefficient (Wildman–Crippen LogP) is 5.69. The lowest BCUT2D eigenvalue weighted by atomic mass is 10.00. The standard InChI is InChI=1S/C34H37FN2O6/c1-39-15-4-5-21-7-9-22(10-8-21)23-11-13-24(14-12-23)32-25(35)17-27-26(36-32)18-31(37(27)30-6-2-3-16-40-30)43-29-20-42-33-28(38)19-41-34(29)33/h7-14,17-18,28-30,33-34,38H,2-6,15-16,19-20H2,1H3/t28-,29-,30?,33-,34-/m1/s1. The monoisotopic (exact) mass is 588 g/mol. The molecule has 7 rings (SSSR count). The fourth-order valence-electron chi connectivity index (χ4n) is 6.42. The summed E-state index contributed by atoms with van der Waals surface area (Å²) in [5, 5.41) is 10.2. The van der Waals surface area contributed by atoms with E-state index < -0.39 is 24.1 Å². The van der Waals surface area contributed by atoms with Crippen LogP contribution in [0.15, 0.2) is 60.7 Å². The van der Waals surface area contributed by atoms with E-state index in [1.54, 1.807) is 7.11 Å². The third kappa shape index (κ3) is 5.68. The second-order valence-electron chi connectivity index (χ2n) is 11.6. The molecule has 3 aliphatic heterocycles. The molecule has 0 radical (unpaired) electrons. The highest BCUT2D eigenvalue weighted by Crippen LogP contribution is 2.38. The normalized spacial score (nSPS) is 25.3. The van der Waals surface area contributed by atoms with Crippen molar-refractivity contribution in [1.29, 1.82) is 0 Å². The van der Waals surface area contributed by atoms with Crippen molar-refractivity contribution >= 4 is 11.0 Å². The smallest absolute Gasteiger partial charge is 0.198 e. The number of nitrogens with zero attached hydrogens (tertiary/aromatic N) is 2. The van der Waals surface area contributed by atoms with Crippen molar-refractivity contribution in [2.45, 2.75) is 62.7 Å². The Labute approximate surface area is 250 Å². The third-order valence-electron chi connectivity index (χ3n) is 8.70. The molecule has 226 valence electrons. The van der Waals surface area contributed by atoms with E-state index in [1.165, 1.54) is 11.6 Å². The number of benzene rings is 2. The first-order valence-corrected chi connectivity index (χ1v) is 15.2. The van der Waals surface area contributed by atoms with Gasteiger partial charge in [0.15, 0.2) is 17.8 Å². The van der Waals surface area contributed by atoms with Crippen LogP contribution in [-0.2, 0) is 25.4 Å². The molecule has 0 bridgehead atoms. The second-order valence-corrected chi connectivity index (χ2v) is 11.6. The Balaban J connectivity index is 1.17. The summed E-state index contributed by atoms with van der Waals surface area (Å²) in [6.45, 7) is 1.91. The average Bonchev–Trinajstić information content (AvgIpc) is 3.72. The van der Waals surface area contributed by atoms with Gasteiger partial charge in [-0.15, -0.1) is 0 Å². The summed E-state index contributed by atoms with van der Waals surface area (Å²) in [7, 11) is 1.72. The molecule has 1 N–H and O–H groups in total. The molecule has 43 heavy (non-hydrogen) atoms. The number of aliphatic hydroxyl groups excluding tert-OH is 1. The fraction of sp³-hybridized carbons (Fsp3) is 0.441. The van der Waals surface area contributed by atoms with Gasteiger partial charge in [0.25, 0.3) is 0 Å². The van der Waals surface area contributed by atoms with Gasteiger partial charge in [-0.2, -0.15) is 0 Å². The molecule has 1 unspecified atom stereocenters. The van der Waals surface area contributed by atoms with Crippen LogP contribution in [0.25, 0.3) is 33.4 Å². The van der Waals surface area contributed by atoms with E-state index in [1.807, 2.05) is 34.9 Å². The lowest BCUT2D eigenvalue weighted by Crippen LogP contribution is -2.35. The van der Waals surface area contributed by atoms with Crippen LogP contribution < -0.4 is 4.74 Å². The van der Waals surface area contributed by atoms with Crippen LogP contribution in [0.2, 0.25) is 0 Å². The van der Waals surface area contributed by atoms with Gasteiger partial charge in [0.2, 0.25) is 0 Å². The van der Waals surface area contributed by atoms with E-state index >= 15 is 4.39 Å². The SMILES string of the molecule is COCCCc1ccc(-c2ccc(-c3nc4cc(O[C@@H]5CO[C@H]6[C@@H]5OC[C@H]6O)n(C5CCCCO5)c4cc3F)cc2)cc1. The zero-order chi connectivity index (χ0) is 29.3. The maximum absolute atomic E-state index is 15.7. The molecule has 9 heteroatoms. The van der Waals surface area contributed by atoms with E-state index in [0.717, 1.165) is 49.8 Å². The minimum atomic E-state index is -0.665. The van der Waals surface area contributed by atoms with Gasteiger partial charge >= 0.3 is 0 Å². The van der Waals surface area contributed by atoms with Gasteiger partial charge in [0, 0.05) is 38.0 Å². The molecule has 5 atom stereocenters. The van der Waals surface area contributed by atoms with Crippen LogP contribution in [0.4, 0.5) is 4.39 Å². The van der Waals surface area contributed by atoms with Gasteiger partial charge in [0.1, 0.15) is 30.2 Å². The van der Waals surface area contributed by atoms with Crippen molar-refractivity contribution in [3.05, 3.63) is 72.0 Å². The summed E-state index contributed by atoms with van der Waals surface area (Å²) in [6, 6.07) is 19.7. The van der Waals surface area contributed by atoms with Crippen molar-refractivity contribution in [1.82, 2.24) is 9.55 Å². The molecule has 0 amide bonds. The molecule has 2 aromatic heterocycles. The van der Waals surface area contributed by atoms with Crippen LogP contribution in [0.5, 0.6) is 5.88 Å². The first-order valence-electron chi connectivity index (χ1n) is 15.2. The van der Waals surface area contributed by atoms with Crippen molar-refractivity contribution in [2.75, 3.05) is 33.5 Å². The lowest BCUT2D eigenvalue weighted by Gasteiger charge is -2.27. The van der Waals surface area contributed by atoms with E-state index in [-0.39, 0.29) is 24.6 Å². The topological polar surface area (TPSA) is 84.2 Å². The summed E-state index contributed by atoms with van der Waals surface area (Å²) >= 11 is 0. The quantitative estimate of drug-likeness (QED) is 0.252. The van der Waals surface area contributed by atoms with E-state index in [4.69, 9.17) is 28.7 Å². The summed E-state index contributed by atoms with van der Waals surface area (Å²) in [5.41, 5.74) is 5.66. The number of rotatable bonds is 9. The highest BCUT2D eigenvalue weighted by molar-refractivity contribution is 5.82. The number of aromatic nitrogens is 2. The maximum atomic E-state index is 15.7. The third-order valence-corrected chi connectivity index (χ3v) is 8.70. The van der Waals surface area contributed by atoms with Gasteiger partial charge in [-0.1, -0.05) is 48.5 Å². The molecule has 3 aliphatic rings. The van der Waals surface area contributed by atoms with Crippen molar-refractivity contribution in [3.63, 3.8) is 0 Å². The van der Waals surface area contributed by atoms with Gasteiger partial charge in [0.05, 0.1) is 24.2 Å². The molecule has 0 spiro atoms. The van der Waals surface area contributed by atoms with Crippen LogP contribution in [0, 0.1) is 5.82 Å². The first-order chi connectivity index (χ1) is 21.1. The number of halogens is 1. The Morgan fingerprint density at radius 3 is 2.42 bits per heavy atom. The number of aryl methyl sites for hydroxylation is 1. The Kier molecular flexibility index (Phi) is 8.16. The number of pyridine rings is 1. The van der Waals surface area contributed by atoms with Crippen molar-refractivity contribution < 1.29 is 33.2 Å². The summed E-state index contributed by atoms with van der Waals surface area (Å²) in [6.07, 6.45) is 2.65. The van der Waals surface area contributed by atoms with Crippen LogP contribution in [0.1, 0.15) is 37.5 Å². The zero-order valence-corrected chi connectivity index (χ0v) is 24.3. The number of hydrogen-bond acceptors (Lipinski definition) is 7. The Morgan fingerprint density at radius 2 is 1.67 bits per heavy atom. The molecule has 5 heterocycles. The van der Waals surface area contributed by atoms with Gasteiger partial charge in [-0.3, -0.25) is 4.57 Å². The summed E-state index contributed by atoms with van der Waals surface area (Å²) < 4.78 is 46.9. The number of fused-ring (bicyclic) bond motifs is 2. The molecular formula is C34H37FN2O6. The van der Waals surface area contributed by atoms with Crippen LogP contribution in [0.3, 0.4) is 0 Å². The molecule has 3 saturated heterocycles. The highest BCUT2D eigenvalue weighted by Gasteiger charge is 2.48. The Bertz CT molecular complexity index is 1550. The lowest BCUT2D eigenvalue weighted by molar-refractivity contribution is -0.0392. The minimum absolute atomic E-state index is 0.221. The summed E-state index contributed by atoms with van der Waals surface area (Å²) in [4.78, 5) is 4.78. The number of aliphatic hydroxyl groups is 1. The van der Waals surface area contributed by atoms with E-state index in [2.05, 4.69) is 24.3 Å². The Hall–Kier alpha value is -3.34. The fourth-order valence-corrected chi connectivity index (χ4v) is 6.42. The molecule has 2 aromatic carbocycles. The largest absolute Gasteiger partial charge is 0.470 e. The number of methoxy groups -OCH3 is 1. The van der Waals surface area contributed by atoms with Gasteiger partial charge < -0.3 is 28.8 Å². The Morgan fingerprint density at radius 1 is 0.930 bits per heavy atom. The van der Waals surface area contributed by atoms with Crippen LogP contribution >= 0.6 is 0 Å². The average molecular weight is 589 g/mol. The highest BCUT2D eigenvalue weighted by atomic mass is 19.1. The van der Waals surface area contributed by atoms with E-state index in [9.17, 15) is 5.11 Å². The summed E-state index contributed by atoms with van der Waals surface area (Å²) in [5.74, 6) is 0.125. The second kappa shape index (κ2) is 12.3. The van der Waals surface area contributed by atoms with Crippen molar-refractivity contribution in [2.24, 2.45) is 0 Å². The van der Waals surface area contributed by atoms with Gasteiger partial charge in [-0.25, -0.2) is 9.37 Å². The first kappa shape index (κ1) is 28.4. The molecule has 4 aromatic rings.